The van der Waals surface area contributed by atoms with Crippen LogP contribution in [0.25, 0.3) is 16.5 Å². The van der Waals surface area contributed by atoms with Gasteiger partial charge in [0.15, 0.2) is 0 Å². The van der Waals surface area contributed by atoms with Gasteiger partial charge in [-0.1, -0.05) is 31.1 Å². The lowest BCUT2D eigenvalue weighted by atomic mass is 9.67. The van der Waals surface area contributed by atoms with Gasteiger partial charge >= 0.3 is 0 Å². The van der Waals surface area contributed by atoms with E-state index in [2.05, 4.69) is 64.5 Å². The number of nitrogens with one attached hydrogen (secondary N) is 1. The lowest BCUT2D eigenvalue weighted by molar-refractivity contribution is -0.121. The first-order chi connectivity index (χ1) is 14.4. The molecule has 7 nitrogen and oxygen atoms in total. The van der Waals surface area contributed by atoms with Crippen LogP contribution in [0.1, 0.15) is 44.2 Å². The Bertz CT molecular complexity index is 993. The molecule has 156 valence electrons. The highest BCUT2D eigenvalue weighted by atomic mass is 16.1. The van der Waals surface area contributed by atoms with Crippen LogP contribution in [0.15, 0.2) is 57.7 Å². The van der Waals surface area contributed by atoms with E-state index in [4.69, 9.17) is 11.3 Å². The maximum atomic E-state index is 11.8. The monoisotopic (exact) mass is 404 g/mol. The molecule has 0 bridgehead atoms. The molecule has 1 amide bonds. The number of anilines is 1. The Labute approximate surface area is 177 Å². The first-order valence-electron chi connectivity index (χ1n) is 10.3. The molecule has 30 heavy (non-hydrogen) atoms. The summed E-state index contributed by atoms with van der Waals surface area (Å²) in [5, 5.41) is 6.27. The van der Waals surface area contributed by atoms with E-state index in [1.807, 2.05) is 12.1 Å². The molecule has 0 saturated heterocycles. The zero-order chi connectivity index (χ0) is 21.6. The average molecular weight is 405 g/mol. The first-order valence-corrected chi connectivity index (χ1v) is 10.3. The van der Waals surface area contributed by atoms with Crippen molar-refractivity contribution in [3.63, 3.8) is 0 Å². The van der Waals surface area contributed by atoms with Crippen molar-refractivity contribution < 1.29 is 4.79 Å². The molecule has 0 radical (unpaired) electrons. The number of carbonyl (C=O) groups excluding carboxylic acids is 1. The molecule has 2 aliphatic carbocycles. The number of amides is 1. The zero-order valence-electron chi connectivity index (χ0n) is 17.6. The summed E-state index contributed by atoms with van der Waals surface area (Å²) in [5.74, 6) is 0.00140. The molecule has 3 N–H and O–H groups in total. The second-order valence-electron chi connectivity index (χ2n) is 8.03. The normalized spacial score (nSPS) is 17.3. The Kier molecular flexibility index (Phi) is 6.75. The van der Waals surface area contributed by atoms with Gasteiger partial charge in [-0.2, -0.15) is 0 Å². The molecule has 0 unspecified atom stereocenters. The molecule has 3 rings (SSSR count). The van der Waals surface area contributed by atoms with Crippen LogP contribution in [-0.4, -0.2) is 31.3 Å². The molecule has 0 heterocycles. The van der Waals surface area contributed by atoms with Crippen molar-refractivity contribution in [2.24, 2.45) is 10.1 Å². The van der Waals surface area contributed by atoms with Crippen molar-refractivity contribution >= 4 is 23.4 Å². The minimum absolute atomic E-state index is 0.00140. The van der Waals surface area contributed by atoms with Gasteiger partial charge in [0.1, 0.15) is 0 Å². The van der Waals surface area contributed by atoms with Gasteiger partial charge < -0.3 is 11.1 Å². The predicted octanol–water partition coefficient (Wildman–Crippen LogP) is 4.48. The van der Waals surface area contributed by atoms with Gasteiger partial charge in [0.05, 0.1) is 5.71 Å². The molecule has 7 heteroatoms. The molecule has 1 aromatic carbocycles. The summed E-state index contributed by atoms with van der Waals surface area (Å²) >= 11 is 0. The van der Waals surface area contributed by atoms with Gasteiger partial charge in [0.25, 0.3) is 0 Å². The maximum absolute atomic E-state index is 11.8. The molecule has 0 fully saturated rings. The van der Waals surface area contributed by atoms with Crippen LogP contribution in [-0.2, 0) is 10.2 Å². The topological polar surface area (TPSA) is 116 Å². The Morgan fingerprint density at radius 1 is 1.20 bits per heavy atom. The smallest absolute Gasteiger partial charge is 0.220 e. The number of nitrogens with zero attached hydrogens (tertiary/aromatic N) is 4. The minimum atomic E-state index is -0.157. The third-order valence-corrected chi connectivity index (χ3v) is 5.45. The van der Waals surface area contributed by atoms with Crippen molar-refractivity contribution in [2.75, 3.05) is 25.4 Å². The van der Waals surface area contributed by atoms with Crippen LogP contribution >= 0.6 is 0 Å². The van der Waals surface area contributed by atoms with Gasteiger partial charge in [-0.05, 0) is 71.0 Å². The fourth-order valence-corrected chi connectivity index (χ4v) is 3.82. The Hall–Kier alpha value is -3.31. The molecule has 0 aromatic heterocycles. The van der Waals surface area contributed by atoms with Gasteiger partial charge in [-0.25, -0.2) is 0 Å². The van der Waals surface area contributed by atoms with E-state index in [0.717, 1.165) is 11.4 Å². The second kappa shape index (κ2) is 9.46. The van der Waals surface area contributed by atoms with Gasteiger partial charge in [-0.15, -0.1) is 0 Å². The number of nitrogen functional groups attached to an aromatic ring is 1. The number of aliphatic imine (C=N–C) groups is 1. The third kappa shape index (κ3) is 4.99. The number of rotatable bonds is 8. The fraction of sp³-hybridized carbons (Fsp3) is 0.391. The van der Waals surface area contributed by atoms with Crippen molar-refractivity contribution in [1.82, 2.24) is 5.32 Å². The summed E-state index contributed by atoms with van der Waals surface area (Å²) in [6.07, 6.45) is 10.3. The molecule has 0 spiro atoms. The Balaban J connectivity index is 1.58. The lowest BCUT2D eigenvalue weighted by Crippen LogP contribution is -2.27. The number of carbonyl (C=O) groups is 1. The largest absolute Gasteiger partial charge is 0.399 e. The number of benzene rings is 1. The SMILES string of the molecule is CC1(C)C2=C/C(=N/CCCC(=O)NCCCN=[N+]=[N-])C=CC2=Cc2ccc(N)cc21. The molecular formula is C23H28N6O. The van der Waals surface area contributed by atoms with Gasteiger partial charge in [-0.3, -0.25) is 9.79 Å². The van der Waals surface area contributed by atoms with E-state index in [0.29, 0.717) is 38.9 Å². The van der Waals surface area contributed by atoms with E-state index in [1.54, 1.807) is 0 Å². The van der Waals surface area contributed by atoms with Crippen LogP contribution in [0, 0.1) is 0 Å². The Morgan fingerprint density at radius 3 is 2.83 bits per heavy atom. The highest BCUT2D eigenvalue weighted by Crippen LogP contribution is 2.44. The lowest BCUT2D eigenvalue weighted by Gasteiger charge is -2.36. The number of allylic oxidation sites excluding steroid dienone is 5. The van der Waals surface area contributed by atoms with Crippen molar-refractivity contribution in [1.29, 1.82) is 0 Å². The number of hydrogen-bond acceptors (Lipinski definition) is 4. The van der Waals surface area contributed by atoms with Crippen molar-refractivity contribution in [2.45, 2.75) is 38.5 Å². The maximum Gasteiger partial charge on any atom is 0.220 e. The van der Waals surface area contributed by atoms with Gasteiger partial charge in [0.2, 0.25) is 5.91 Å². The third-order valence-electron chi connectivity index (χ3n) is 5.45. The fourth-order valence-electron chi connectivity index (χ4n) is 3.82. The highest BCUT2D eigenvalue weighted by Gasteiger charge is 2.33. The predicted molar refractivity (Wildman–Crippen MR) is 122 cm³/mol. The van der Waals surface area contributed by atoms with E-state index in [9.17, 15) is 4.79 Å². The van der Waals surface area contributed by atoms with E-state index >= 15 is 0 Å². The number of nitrogens with two attached hydrogens (primary N) is 1. The summed E-state index contributed by atoms with van der Waals surface area (Å²) in [7, 11) is 0. The molecule has 0 atom stereocenters. The summed E-state index contributed by atoms with van der Waals surface area (Å²) in [6, 6.07) is 6.08. The Morgan fingerprint density at radius 2 is 2.03 bits per heavy atom. The summed E-state index contributed by atoms with van der Waals surface area (Å²) in [5.41, 5.74) is 20.7. The first kappa shape index (κ1) is 21.4. The van der Waals surface area contributed by atoms with Gasteiger partial charge in [0, 0.05) is 42.1 Å². The molecule has 0 saturated carbocycles. The zero-order valence-corrected chi connectivity index (χ0v) is 17.6. The summed E-state index contributed by atoms with van der Waals surface area (Å²) in [4.78, 5) is 19.2. The number of hydrogen-bond donors (Lipinski definition) is 2. The molecule has 1 aromatic rings. The standard InChI is InChI=1S/C23H28N6O/c1-23(2)20-14-18(24)8-6-16(20)13-17-7-9-19(15-21(17)23)26-10-3-5-22(30)27-11-4-12-28-29-25/h6-9,13-15H,3-5,10-12,24H2,1-2H3,(H,27,30)/b26-19+. The molecular weight excluding hydrogens is 376 g/mol. The van der Waals surface area contributed by atoms with Crippen molar-refractivity contribution in [3.8, 4) is 0 Å². The van der Waals surface area contributed by atoms with E-state index < -0.39 is 0 Å². The van der Waals surface area contributed by atoms with Crippen LogP contribution in [0.4, 0.5) is 5.69 Å². The molecule has 2 aliphatic rings. The van der Waals surface area contributed by atoms with Crippen molar-refractivity contribution in [3.05, 3.63) is 69.1 Å². The highest BCUT2D eigenvalue weighted by molar-refractivity contribution is 6.08. The summed E-state index contributed by atoms with van der Waals surface area (Å²) in [6.45, 7) is 5.95. The quantitative estimate of drug-likeness (QED) is 0.219. The number of azide groups is 1. The van der Waals surface area contributed by atoms with Crippen LogP contribution in [0.5, 0.6) is 0 Å². The second-order valence-corrected chi connectivity index (χ2v) is 8.03. The average Bonchev–Trinajstić information content (AvgIpc) is 2.72. The number of fused-ring (bicyclic) bond motifs is 2. The van der Waals surface area contributed by atoms with E-state index in [-0.39, 0.29) is 11.3 Å². The minimum Gasteiger partial charge on any atom is -0.399 e. The summed E-state index contributed by atoms with van der Waals surface area (Å²) < 4.78 is 0. The van der Waals surface area contributed by atoms with E-state index in [1.165, 1.54) is 22.3 Å². The molecule has 0 aliphatic heterocycles. The van der Waals surface area contributed by atoms with Crippen LogP contribution < -0.4 is 11.1 Å². The van der Waals surface area contributed by atoms with Crippen LogP contribution in [0.3, 0.4) is 0 Å². The van der Waals surface area contributed by atoms with Crippen LogP contribution in [0.2, 0.25) is 0 Å².